The van der Waals surface area contributed by atoms with E-state index in [2.05, 4.69) is 26.3 Å². The van der Waals surface area contributed by atoms with Gasteiger partial charge in [0.15, 0.2) is 0 Å². The molecule has 0 saturated heterocycles. The van der Waals surface area contributed by atoms with Crippen molar-refractivity contribution in [2.24, 2.45) is 0 Å². The second-order valence-corrected chi connectivity index (χ2v) is 1.63. The van der Waals surface area contributed by atoms with Crippen LogP contribution in [-0.2, 0) is 0 Å². The van der Waals surface area contributed by atoms with Gasteiger partial charge >= 0.3 is 0 Å². The smallest absolute Gasteiger partial charge is 0.116 e. The molecular formula is C11H19F. The van der Waals surface area contributed by atoms with E-state index >= 15 is 0 Å². The second kappa shape index (κ2) is 16.5. The van der Waals surface area contributed by atoms with Crippen molar-refractivity contribution in [1.82, 2.24) is 0 Å². The topological polar surface area (TPSA) is 0 Å². The Balaban J connectivity index is -0.000000175. The molecule has 0 N–H and O–H groups in total. The fourth-order valence-electron chi connectivity index (χ4n) is 0.233. The van der Waals surface area contributed by atoms with Crippen molar-refractivity contribution in [3.8, 4) is 0 Å². The van der Waals surface area contributed by atoms with Crippen LogP contribution in [0.3, 0.4) is 0 Å². The van der Waals surface area contributed by atoms with Crippen LogP contribution in [0.5, 0.6) is 0 Å². The summed E-state index contributed by atoms with van der Waals surface area (Å²) in [5, 5.41) is 0. The third kappa shape index (κ3) is 36.6. The second-order valence-electron chi connectivity index (χ2n) is 1.63. The van der Waals surface area contributed by atoms with Crippen molar-refractivity contribution in [1.29, 1.82) is 0 Å². The van der Waals surface area contributed by atoms with Crippen LogP contribution in [0.15, 0.2) is 49.9 Å². The Bertz CT molecular complexity index is 127. The van der Waals surface area contributed by atoms with Gasteiger partial charge in [0.1, 0.15) is 5.83 Å². The lowest BCUT2D eigenvalue weighted by atomic mass is 10.3. The van der Waals surface area contributed by atoms with Crippen LogP contribution in [0.25, 0.3) is 0 Å². The Hall–Kier alpha value is -1.11. The largest absolute Gasteiger partial charge is 0.208 e. The van der Waals surface area contributed by atoms with Gasteiger partial charge in [0.05, 0.1) is 0 Å². The van der Waals surface area contributed by atoms with Gasteiger partial charge in [-0.1, -0.05) is 38.7 Å². The minimum Gasteiger partial charge on any atom is -0.208 e. The molecule has 0 bridgehead atoms. The van der Waals surface area contributed by atoms with Crippen LogP contribution in [0.1, 0.15) is 20.8 Å². The summed E-state index contributed by atoms with van der Waals surface area (Å²) in [5.41, 5.74) is 0.823. The molecule has 0 heterocycles. The van der Waals surface area contributed by atoms with Gasteiger partial charge < -0.3 is 0 Å². The Labute approximate surface area is 75.8 Å². The summed E-state index contributed by atoms with van der Waals surface area (Å²) in [6.07, 6.45) is 2.85. The lowest BCUT2D eigenvalue weighted by Crippen LogP contribution is -1.61. The predicted molar refractivity (Wildman–Crippen MR) is 56.8 cm³/mol. The average molecular weight is 170 g/mol. The summed E-state index contributed by atoms with van der Waals surface area (Å²) in [6.45, 7) is 18.4. The monoisotopic (exact) mass is 170 g/mol. The Morgan fingerprint density at radius 2 is 1.42 bits per heavy atom. The minimum atomic E-state index is -0.437. The van der Waals surface area contributed by atoms with Crippen LogP contribution in [0, 0.1) is 0 Å². The highest BCUT2D eigenvalue weighted by atomic mass is 19.1. The Morgan fingerprint density at radius 3 is 1.50 bits per heavy atom. The van der Waals surface area contributed by atoms with Crippen molar-refractivity contribution in [2.45, 2.75) is 20.8 Å². The molecule has 0 unspecified atom stereocenters. The highest BCUT2D eigenvalue weighted by molar-refractivity contribution is 5.18. The molecule has 0 aromatic rings. The quantitative estimate of drug-likeness (QED) is 0.425. The molecule has 0 aromatic heterocycles. The van der Waals surface area contributed by atoms with E-state index in [0.717, 1.165) is 5.57 Å². The SMILES string of the molecule is C=C.C=C(C)/C=C\C(=C)F.CC. The van der Waals surface area contributed by atoms with E-state index in [-0.39, 0.29) is 0 Å². The van der Waals surface area contributed by atoms with E-state index in [4.69, 9.17) is 0 Å². The molecule has 0 radical (unpaired) electrons. The molecule has 0 amide bonds. The summed E-state index contributed by atoms with van der Waals surface area (Å²) in [5.74, 6) is -0.437. The molecule has 0 nitrogen and oxygen atoms in total. The van der Waals surface area contributed by atoms with Gasteiger partial charge in [-0.2, -0.15) is 0 Å². The van der Waals surface area contributed by atoms with Crippen molar-refractivity contribution in [2.75, 3.05) is 0 Å². The van der Waals surface area contributed by atoms with Gasteiger partial charge in [-0.05, 0) is 13.0 Å². The fraction of sp³-hybridized carbons (Fsp3) is 0.273. The fourth-order valence-corrected chi connectivity index (χ4v) is 0.233. The molecule has 0 rings (SSSR count). The van der Waals surface area contributed by atoms with Gasteiger partial charge in [-0.25, -0.2) is 4.39 Å². The maximum Gasteiger partial charge on any atom is 0.116 e. The normalized spacial score (nSPS) is 7.33. The zero-order valence-corrected chi connectivity index (χ0v) is 8.36. The summed E-state index contributed by atoms with van der Waals surface area (Å²) >= 11 is 0. The van der Waals surface area contributed by atoms with Crippen molar-refractivity contribution in [3.05, 3.63) is 49.9 Å². The zero-order chi connectivity index (χ0) is 10.6. The first-order valence-electron chi connectivity index (χ1n) is 3.81. The zero-order valence-electron chi connectivity index (χ0n) is 8.36. The number of rotatable bonds is 2. The lowest BCUT2D eigenvalue weighted by molar-refractivity contribution is 0.671. The van der Waals surface area contributed by atoms with E-state index < -0.39 is 5.83 Å². The first-order chi connectivity index (χ1) is 5.63. The molecule has 0 aromatic carbocycles. The summed E-state index contributed by atoms with van der Waals surface area (Å²) in [4.78, 5) is 0. The number of allylic oxidation sites excluding steroid dienone is 4. The van der Waals surface area contributed by atoms with Crippen LogP contribution in [-0.4, -0.2) is 0 Å². The van der Waals surface area contributed by atoms with Gasteiger partial charge in [0, 0.05) is 0 Å². The Kier molecular flexibility index (Phi) is 23.5. The number of halogens is 1. The average Bonchev–Trinajstić information content (AvgIpc) is 2.08. The van der Waals surface area contributed by atoms with Crippen molar-refractivity contribution in [3.63, 3.8) is 0 Å². The Morgan fingerprint density at radius 1 is 1.08 bits per heavy atom. The summed E-state index contributed by atoms with van der Waals surface area (Å²) in [7, 11) is 0. The van der Waals surface area contributed by atoms with Crippen LogP contribution < -0.4 is 0 Å². The minimum absolute atomic E-state index is 0.437. The first-order valence-corrected chi connectivity index (χ1v) is 3.81. The molecular weight excluding hydrogens is 151 g/mol. The van der Waals surface area contributed by atoms with E-state index in [1.54, 1.807) is 13.0 Å². The van der Waals surface area contributed by atoms with Gasteiger partial charge in [-0.3, -0.25) is 0 Å². The standard InChI is InChI=1S/C7H9F.C2H6.C2H4/c1-6(2)4-5-7(3)8;2*1-2/h4-5H,1,3H2,2H3;1-2H3;1-2H2/b5-4-;;. The first kappa shape index (κ1) is 17.1. The lowest BCUT2D eigenvalue weighted by Gasteiger charge is -1.81. The van der Waals surface area contributed by atoms with E-state index in [9.17, 15) is 4.39 Å². The van der Waals surface area contributed by atoms with Crippen molar-refractivity contribution >= 4 is 0 Å². The van der Waals surface area contributed by atoms with Crippen LogP contribution in [0.2, 0.25) is 0 Å². The number of hydrogen-bond acceptors (Lipinski definition) is 0. The molecule has 0 atom stereocenters. The highest BCUT2D eigenvalue weighted by Crippen LogP contribution is 1.96. The van der Waals surface area contributed by atoms with Crippen LogP contribution in [0.4, 0.5) is 4.39 Å². The summed E-state index contributed by atoms with van der Waals surface area (Å²) in [6, 6.07) is 0. The molecule has 0 spiro atoms. The molecule has 0 saturated carbocycles. The van der Waals surface area contributed by atoms with Gasteiger partial charge in [0.2, 0.25) is 0 Å². The predicted octanol–water partition coefficient (Wildman–Crippen LogP) is 4.43. The molecule has 0 aliphatic heterocycles. The van der Waals surface area contributed by atoms with Crippen molar-refractivity contribution < 1.29 is 4.39 Å². The summed E-state index contributed by atoms with van der Waals surface area (Å²) < 4.78 is 11.7. The molecule has 12 heavy (non-hydrogen) atoms. The third-order valence-electron chi connectivity index (χ3n) is 0.549. The van der Waals surface area contributed by atoms with E-state index in [1.807, 2.05) is 13.8 Å². The maximum atomic E-state index is 11.7. The third-order valence-corrected chi connectivity index (χ3v) is 0.549. The van der Waals surface area contributed by atoms with E-state index in [0.29, 0.717) is 0 Å². The molecule has 0 aliphatic rings. The van der Waals surface area contributed by atoms with E-state index in [1.165, 1.54) is 6.08 Å². The highest BCUT2D eigenvalue weighted by Gasteiger charge is 1.76. The molecule has 1 heteroatoms. The molecule has 70 valence electrons. The van der Waals surface area contributed by atoms with Gasteiger partial charge in [0.25, 0.3) is 0 Å². The molecule has 0 fully saturated rings. The number of hydrogen-bond donors (Lipinski definition) is 0. The van der Waals surface area contributed by atoms with Gasteiger partial charge in [-0.15, -0.1) is 13.2 Å². The maximum absolute atomic E-state index is 11.7. The van der Waals surface area contributed by atoms with Crippen LogP contribution >= 0.6 is 0 Å². The molecule has 0 aliphatic carbocycles.